The standard InChI is InChI=1S/C31H39N7O2/c1-22(19-37(33-6)20-23(2)39)25-15-28(30-26(17-32)18-34-38(30)21-25)24-7-9-27(10-8-24)35-11-13-36(14-12-35)29(40)16-31(3,4)5/h7-10,15,18-19,21,23,39H,6,11-14,16,20H2,1-5H3/b22-19+/t23-/m0/s1. The molecule has 0 saturated carbocycles. The molecule has 3 heterocycles. The molecule has 40 heavy (non-hydrogen) atoms. The first-order valence-electron chi connectivity index (χ1n) is 13.6. The van der Waals surface area contributed by atoms with Crippen LogP contribution in [0, 0.1) is 16.7 Å². The van der Waals surface area contributed by atoms with Gasteiger partial charge in [-0.25, -0.2) is 4.52 Å². The van der Waals surface area contributed by atoms with E-state index in [9.17, 15) is 15.2 Å². The zero-order valence-corrected chi connectivity index (χ0v) is 24.1. The van der Waals surface area contributed by atoms with Crippen molar-refractivity contribution in [3.63, 3.8) is 0 Å². The van der Waals surface area contributed by atoms with E-state index in [2.05, 4.69) is 79.0 Å². The fourth-order valence-electron chi connectivity index (χ4n) is 4.99. The fourth-order valence-corrected chi connectivity index (χ4v) is 4.99. The monoisotopic (exact) mass is 541 g/mol. The summed E-state index contributed by atoms with van der Waals surface area (Å²) in [7, 11) is 0. The van der Waals surface area contributed by atoms with Crippen molar-refractivity contribution in [3.05, 3.63) is 60.1 Å². The van der Waals surface area contributed by atoms with Crippen molar-refractivity contribution >= 4 is 29.4 Å². The average molecular weight is 542 g/mol. The van der Waals surface area contributed by atoms with E-state index in [4.69, 9.17) is 0 Å². The van der Waals surface area contributed by atoms with E-state index in [1.807, 2.05) is 24.2 Å². The minimum Gasteiger partial charge on any atom is -0.391 e. The lowest BCUT2D eigenvalue weighted by molar-refractivity contribution is -0.133. The molecule has 1 saturated heterocycles. The molecular weight excluding hydrogens is 502 g/mol. The molecule has 210 valence electrons. The molecule has 0 aliphatic carbocycles. The normalized spacial score (nSPS) is 15.2. The minimum absolute atomic E-state index is 0.0120. The molecule has 1 atom stereocenters. The number of piperazine rings is 1. The Morgan fingerprint density at radius 1 is 1.25 bits per heavy atom. The van der Waals surface area contributed by atoms with Crippen LogP contribution in [0.5, 0.6) is 0 Å². The highest BCUT2D eigenvalue weighted by Gasteiger charge is 2.25. The number of hydrogen-bond donors (Lipinski definition) is 1. The number of carbonyl (C=O) groups excluding carboxylic acids is 1. The second kappa shape index (κ2) is 11.9. The Bertz CT molecular complexity index is 1430. The molecule has 1 aromatic carbocycles. The van der Waals surface area contributed by atoms with Gasteiger partial charge in [0.2, 0.25) is 5.91 Å². The molecule has 0 unspecified atom stereocenters. The van der Waals surface area contributed by atoms with Crippen molar-refractivity contribution in [2.45, 2.75) is 47.1 Å². The van der Waals surface area contributed by atoms with Gasteiger partial charge in [-0.1, -0.05) is 32.9 Å². The van der Waals surface area contributed by atoms with Gasteiger partial charge >= 0.3 is 0 Å². The van der Waals surface area contributed by atoms with Gasteiger partial charge < -0.3 is 14.9 Å². The first kappa shape index (κ1) is 28.8. The SMILES string of the molecule is C=NN(/C=C(\C)c1cc(-c2ccc(N3CCN(C(=O)CC(C)(C)C)CC3)cc2)c2c(C#N)cnn2c1)C[C@H](C)O. The summed E-state index contributed by atoms with van der Waals surface area (Å²) >= 11 is 0. The van der Waals surface area contributed by atoms with Crippen LogP contribution < -0.4 is 4.90 Å². The van der Waals surface area contributed by atoms with Crippen molar-refractivity contribution < 1.29 is 9.90 Å². The number of carbonyl (C=O) groups is 1. The van der Waals surface area contributed by atoms with Crippen LogP contribution in [-0.2, 0) is 4.79 Å². The molecule has 1 aliphatic rings. The second-order valence-electron chi connectivity index (χ2n) is 11.7. The Morgan fingerprint density at radius 2 is 1.93 bits per heavy atom. The third kappa shape index (κ3) is 6.69. The highest BCUT2D eigenvalue weighted by atomic mass is 16.3. The van der Waals surface area contributed by atoms with Gasteiger partial charge in [-0.3, -0.25) is 9.80 Å². The van der Waals surface area contributed by atoms with Crippen LogP contribution in [-0.4, -0.2) is 76.1 Å². The van der Waals surface area contributed by atoms with Crippen molar-refractivity contribution in [2.24, 2.45) is 10.5 Å². The number of aromatic nitrogens is 2. The quantitative estimate of drug-likeness (QED) is 0.330. The summed E-state index contributed by atoms with van der Waals surface area (Å²) in [5.41, 5.74) is 6.05. The number of anilines is 1. The van der Waals surface area contributed by atoms with E-state index < -0.39 is 6.10 Å². The summed E-state index contributed by atoms with van der Waals surface area (Å²) < 4.78 is 1.74. The van der Waals surface area contributed by atoms with Crippen LogP contribution in [0.15, 0.2) is 54.0 Å². The number of allylic oxidation sites excluding steroid dienone is 1. The fraction of sp³-hybridized carbons (Fsp3) is 0.419. The summed E-state index contributed by atoms with van der Waals surface area (Å²) in [5, 5.41) is 29.6. The predicted molar refractivity (Wildman–Crippen MR) is 160 cm³/mol. The molecular formula is C31H39N7O2. The smallest absolute Gasteiger partial charge is 0.223 e. The number of nitrogens with zero attached hydrogens (tertiary/aromatic N) is 7. The van der Waals surface area contributed by atoms with E-state index in [-0.39, 0.29) is 11.3 Å². The number of hydrogen-bond acceptors (Lipinski definition) is 7. The van der Waals surface area contributed by atoms with E-state index in [0.29, 0.717) is 18.5 Å². The molecule has 1 fully saturated rings. The molecule has 1 aliphatic heterocycles. The predicted octanol–water partition coefficient (Wildman–Crippen LogP) is 4.62. The van der Waals surface area contributed by atoms with Gasteiger partial charge in [-0.2, -0.15) is 15.5 Å². The van der Waals surface area contributed by atoms with Gasteiger partial charge in [0.1, 0.15) is 6.07 Å². The van der Waals surface area contributed by atoms with Crippen molar-refractivity contribution in [2.75, 3.05) is 37.6 Å². The number of fused-ring (bicyclic) bond motifs is 1. The zero-order valence-electron chi connectivity index (χ0n) is 24.1. The maximum Gasteiger partial charge on any atom is 0.223 e. The van der Waals surface area contributed by atoms with E-state index in [0.717, 1.165) is 59.6 Å². The summed E-state index contributed by atoms with van der Waals surface area (Å²) in [6.07, 6.45) is 5.33. The van der Waals surface area contributed by atoms with Crippen LogP contribution in [0.3, 0.4) is 0 Å². The number of aliphatic hydroxyl groups is 1. The number of hydrazone groups is 1. The average Bonchev–Trinajstić information content (AvgIpc) is 3.34. The molecule has 1 N–H and O–H groups in total. The summed E-state index contributed by atoms with van der Waals surface area (Å²) in [6.45, 7) is 16.9. The highest BCUT2D eigenvalue weighted by Crippen LogP contribution is 2.32. The molecule has 0 bridgehead atoms. The van der Waals surface area contributed by atoms with Crippen LogP contribution in [0.1, 0.15) is 52.2 Å². The topological polar surface area (TPSA) is 100 Å². The highest BCUT2D eigenvalue weighted by molar-refractivity contribution is 5.87. The van der Waals surface area contributed by atoms with Gasteiger partial charge in [-0.05, 0) is 54.2 Å². The minimum atomic E-state index is -0.553. The number of rotatable bonds is 8. The first-order chi connectivity index (χ1) is 19.0. The van der Waals surface area contributed by atoms with Gasteiger partial charge in [-0.15, -0.1) is 0 Å². The van der Waals surface area contributed by atoms with Crippen LogP contribution >= 0.6 is 0 Å². The van der Waals surface area contributed by atoms with Crippen molar-refractivity contribution in [3.8, 4) is 17.2 Å². The number of pyridine rings is 1. The Balaban J connectivity index is 1.59. The Morgan fingerprint density at radius 3 is 2.50 bits per heavy atom. The van der Waals surface area contributed by atoms with Gasteiger partial charge in [0.25, 0.3) is 0 Å². The third-order valence-corrected chi connectivity index (χ3v) is 7.02. The molecule has 0 radical (unpaired) electrons. The van der Waals surface area contributed by atoms with E-state index in [1.54, 1.807) is 22.6 Å². The maximum atomic E-state index is 12.6. The lowest BCUT2D eigenvalue weighted by Crippen LogP contribution is -2.49. The number of amides is 1. The van der Waals surface area contributed by atoms with Crippen LogP contribution in [0.25, 0.3) is 22.2 Å². The molecule has 3 aromatic rings. The van der Waals surface area contributed by atoms with Gasteiger partial charge in [0, 0.05) is 63.0 Å². The van der Waals surface area contributed by atoms with E-state index >= 15 is 0 Å². The summed E-state index contributed by atoms with van der Waals surface area (Å²) in [6, 6.07) is 12.7. The van der Waals surface area contributed by atoms with Crippen molar-refractivity contribution in [1.82, 2.24) is 19.5 Å². The summed E-state index contributed by atoms with van der Waals surface area (Å²) in [5.74, 6) is 0.225. The summed E-state index contributed by atoms with van der Waals surface area (Å²) in [4.78, 5) is 16.9. The molecule has 9 heteroatoms. The molecule has 2 aromatic heterocycles. The lowest BCUT2D eigenvalue weighted by atomic mass is 9.91. The van der Waals surface area contributed by atoms with Gasteiger partial charge in [0.05, 0.1) is 29.9 Å². The second-order valence-corrected chi connectivity index (χ2v) is 11.7. The Kier molecular flexibility index (Phi) is 8.60. The maximum absolute atomic E-state index is 12.6. The third-order valence-electron chi connectivity index (χ3n) is 7.02. The Labute approximate surface area is 236 Å². The number of benzene rings is 1. The number of nitriles is 1. The van der Waals surface area contributed by atoms with Crippen molar-refractivity contribution in [1.29, 1.82) is 5.26 Å². The van der Waals surface area contributed by atoms with Crippen LogP contribution in [0.2, 0.25) is 0 Å². The molecule has 4 rings (SSSR count). The number of aliphatic hydroxyl groups excluding tert-OH is 1. The van der Waals surface area contributed by atoms with E-state index in [1.165, 1.54) is 0 Å². The molecule has 9 nitrogen and oxygen atoms in total. The first-order valence-corrected chi connectivity index (χ1v) is 13.6. The lowest BCUT2D eigenvalue weighted by Gasteiger charge is -2.37. The molecule has 0 spiro atoms. The largest absolute Gasteiger partial charge is 0.391 e. The van der Waals surface area contributed by atoms with Crippen LogP contribution in [0.4, 0.5) is 5.69 Å². The Hall–Kier alpha value is -4.16. The van der Waals surface area contributed by atoms with Gasteiger partial charge in [0.15, 0.2) is 0 Å². The zero-order chi connectivity index (χ0) is 29.0. The molecule has 1 amide bonds.